The molecule has 0 aliphatic heterocycles. The van der Waals surface area contributed by atoms with Gasteiger partial charge < -0.3 is 5.73 Å². The topological polar surface area (TPSA) is 116 Å². The summed E-state index contributed by atoms with van der Waals surface area (Å²) in [4.78, 5) is 21.2. The van der Waals surface area contributed by atoms with Gasteiger partial charge in [-0.2, -0.15) is 10.5 Å². The third-order valence-corrected chi connectivity index (χ3v) is 5.60. The van der Waals surface area contributed by atoms with E-state index in [1.54, 1.807) is 43.3 Å². The van der Waals surface area contributed by atoms with Crippen LogP contribution in [-0.2, 0) is 0 Å². The van der Waals surface area contributed by atoms with Crippen LogP contribution in [0.2, 0.25) is 5.02 Å². The number of pyridine rings is 2. The Balaban J connectivity index is 2.03. The average Bonchev–Trinajstić information content (AvgIpc) is 2.71. The Morgan fingerprint density at radius 2 is 1.87 bits per heavy atom. The molecule has 0 spiro atoms. The summed E-state index contributed by atoms with van der Waals surface area (Å²) in [5, 5.41) is 20.1. The first-order valence-corrected chi connectivity index (χ1v) is 10.2. The summed E-state index contributed by atoms with van der Waals surface area (Å²) >= 11 is 7.19. The lowest BCUT2D eigenvalue weighted by atomic mass is 9.97. The molecule has 0 bridgehead atoms. The third-order valence-electron chi connectivity index (χ3n) is 4.39. The molecule has 0 atom stereocenters. The zero-order valence-electron chi connectivity index (χ0n) is 16.2. The molecule has 0 unspecified atom stereocenters. The predicted molar refractivity (Wildman–Crippen MR) is 117 cm³/mol. The normalized spacial score (nSPS) is 10.3. The zero-order valence-corrected chi connectivity index (χ0v) is 17.8. The molecule has 0 fully saturated rings. The molecule has 2 aromatic heterocycles. The van der Waals surface area contributed by atoms with Gasteiger partial charge in [0.25, 0.3) is 0 Å². The van der Waals surface area contributed by atoms with Crippen LogP contribution in [0.25, 0.3) is 11.1 Å². The monoisotopic (exact) mass is 433 g/mol. The Labute approximate surface area is 183 Å². The van der Waals surface area contributed by atoms with Gasteiger partial charge in [-0.15, -0.1) is 0 Å². The summed E-state index contributed by atoms with van der Waals surface area (Å²) in [5.74, 6) is -0.0920. The van der Waals surface area contributed by atoms with Crippen LogP contribution < -0.4 is 5.73 Å². The molecule has 2 heterocycles. The van der Waals surface area contributed by atoms with Crippen LogP contribution in [0.1, 0.15) is 32.9 Å². The zero-order chi connectivity index (χ0) is 21.8. The second-order valence-electron chi connectivity index (χ2n) is 6.46. The van der Waals surface area contributed by atoms with Crippen molar-refractivity contribution in [3.63, 3.8) is 0 Å². The van der Waals surface area contributed by atoms with Gasteiger partial charge >= 0.3 is 0 Å². The maximum atomic E-state index is 12.7. The van der Waals surface area contributed by atoms with Crippen molar-refractivity contribution in [1.82, 2.24) is 9.97 Å². The maximum Gasteiger partial charge on any atom is 0.174 e. The summed E-state index contributed by atoms with van der Waals surface area (Å²) < 4.78 is 0. The lowest BCUT2D eigenvalue weighted by Gasteiger charge is -2.13. The van der Waals surface area contributed by atoms with E-state index in [0.717, 1.165) is 17.5 Å². The van der Waals surface area contributed by atoms with Crippen LogP contribution >= 0.6 is 23.4 Å². The molecule has 0 saturated carbocycles. The fourth-order valence-corrected chi connectivity index (χ4v) is 4.10. The first-order chi connectivity index (χ1) is 14.3. The lowest BCUT2D eigenvalue weighted by Crippen LogP contribution is -2.08. The van der Waals surface area contributed by atoms with E-state index < -0.39 is 0 Å². The van der Waals surface area contributed by atoms with Gasteiger partial charge in [-0.05, 0) is 43.7 Å². The van der Waals surface area contributed by atoms with Crippen molar-refractivity contribution < 1.29 is 4.79 Å². The number of anilines is 1. The quantitative estimate of drug-likeness (QED) is 0.457. The van der Waals surface area contributed by atoms with Crippen LogP contribution in [0.5, 0.6) is 0 Å². The number of nitriles is 2. The van der Waals surface area contributed by atoms with E-state index in [4.69, 9.17) is 17.3 Å². The number of hydrogen-bond acceptors (Lipinski definition) is 7. The van der Waals surface area contributed by atoms with Crippen molar-refractivity contribution in [2.75, 3.05) is 11.5 Å². The second-order valence-corrected chi connectivity index (χ2v) is 7.86. The van der Waals surface area contributed by atoms with Gasteiger partial charge in [0.2, 0.25) is 0 Å². The number of carbonyl (C=O) groups excluding carboxylic acids is 1. The molecule has 8 heteroatoms. The van der Waals surface area contributed by atoms with Crippen LogP contribution in [-0.4, -0.2) is 21.5 Å². The van der Waals surface area contributed by atoms with Gasteiger partial charge in [0.05, 0.1) is 11.3 Å². The second kappa shape index (κ2) is 8.96. The van der Waals surface area contributed by atoms with Gasteiger partial charge in [-0.25, -0.2) is 4.98 Å². The molecule has 148 valence electrons. The van der Waals surface area contributed by atoms with Crippen molar-refractivity contribution in [2.45, 2.75) is 18.9 Å². The number of aryl methyl sites for hydroxylation is 2. The molecule has 3 aromatic rings. The molecule has 2 N–H and O–H groups in total. The first-order valence-electron chi connectivity index (χ1n) is 8.85. The van der Waals surface area contributed by atoms with E-state index in [0.29, 0.717) is 27.4 Å². The predicted octanol–water partition coefficient (Wildman–Crippen LogP) is 4.71. The average molecular weight is 434 g/mol. The van der Waals surface area contributed by atoms with Crippen LogP contribution in [0.3, 0.4) is 0 Å². The summed E-state index contributed by atoms with van der Waals surface area (Å²) in [7, 11) is 0. The Kier molecular flexibility index (Phi) is 6.37. The van der Waals surface area contributed by atoms with Gasteiger partial charge in [0.1, 0.15) is 28.5 Å². The number of aromatic nitrogens is 2. The van der Waals surface area contributed by atoms with Crippen LogP contribution in [0.4, 0.5) is 5.82 Å². The number of carbonyl (C=O) groups is 1. The number of nitrogens with zero attached hydrogens (tertiary/aromatic N) is 4. The van der Waals surface area contributed by atoms with Crippen molar-refractivity contribution in [3.8, 4) is 23.3 Å². The van der Waals surface area contributed by atoms with Gasteiger partial charge in [0.15, 0.2) is 5.78 Å². The van der Waals surface area contributed by atoms with E-state index in [1.165, 1.54) is 0 Å². The molecule has 3 rings (SSSR count). The molecule has 30 heavy (non-hydrogen) atoms. The summed E-state index contributed by atoms with van der Waals surface area (Å²) in [5.41, 5.74) is 9.22. The molecule has 0 amide bonds. The number of nitrogens with two attached hydrogens (primary N) is 1. The Hall–Kier alpha value is -3.39. The highest BCUT2D eigenvalue weighted by molar-refractivity contribution is 8.00. The molecular weight excluding hydrogens is 418 g/mol. The minimum atomic E-state index is -0.136. The minimum absolute atomic E-state index is 0.00499. The van der Waals surface area contributed by atoms with Gasteiger partial charge in [0, 0.05) is 27.5 Å². The number of Topliss-reactive ketones (excluding diaryl/α,β-unsaturated/α-hetero) is 1. The number of rotatable bonds is 5. The molecular formula is C22H16ClN5OS. The molecule has 0 aliphatic rings. The maximum absolute atomic E-state index is 12.7. The number of benzene rings is 1. The molecule has 6 nitrogen and oxygen atoms in total. The molecule has 0 radical (unpaired) electrons. The number of halogens is 1. The molecule has 0 saturated heterocycles. The number of thioether (sulfide) groups is 1. The first kappa shape index (κ1) is 21.3. The van der Waals surface area contributed by atoms with E-state index in [-0.39, 0.29) is 33.5 Å². The smallest absolute Gasteiger partial charge is 0.174 e. The molecule has 1 aromatic carbocycles. The summed E-state index contributed by atoms with van der Waals surface area (Å²) in [6.07, 6.45) is 0. The van der Waals surface area contributed by atoms with Crippen LogP contribution in [0, 0.1) is 36.5 Å². The highest BCUT2D eigenvalue weighted by Crippen LogP contribution is 2.36. The van der Waals surface area contributed by atoms with E-state index in [2.05, 4.69) is 16.0 Å². The number of nitrogen functional groups attached to an aromatic ring is 1. The van der Waals surface area contributed by atoms with E-state index in [9.17, 15) is 15.3 Å². The highest BCUT2D eigenvalue weighted by atomic mass is 35.5. The summed E-state index contributed by atoms with van der Waals surface area (Å²) in [6.45, 7) is 3.64. The molecule has 0 aliphatic carbocycles. The van der Waals surface area contributed by atoms with Crippen molar-refractivity contribution in [2.24, 2.45) is 0 Å². The lowest BCUT2D eigenvalue weighted by molar-refractivity contribution is 0.102. The minimum Gasteiger partial charge on any atom is -0.383 e. The fourth-order valence-electron chi connectivity index (χ4n) is 3.03. The number of hydrogen-bond donors (Lipinski definition) is 1. The SMILES string of the molecule is Cc1ccc(C(=O)CSc2nc(N)c(C#N)c(-c3cccc(Cl)c3)c2C#N)c(C)n1. The van der Waals surface area contributed by atoms with Crippen molar-refractivity contribution in [1.29, 1.82) is 10.5 Å². The number of ketones is 1. The highest BCUT2D eigenvalue weighted by Gasteiger charge is 2.22. The Morgan fingerprint density at radius 3 is 2.50 bits per heavy atom. The Morgan fingerprint density at radius 1 is 1.13 bits per heavy atom. The van der Waals surface area contributed by atoms with E-state index in [1.807, 2.05) is 13.0 Å². The van der Waals surface area contributed by atoms with E-state index >= 15 is 0 Å². The van der Waals surface area contributed by atoms with Crippen molar-refractivity contribution in [3.05, 3.63) is 69.5 Å². The largest absolute Gasteiger partial charge is 0.383 e. The summed E-state index contributed by atoms with van der Waals surface area (Å²) in [6, 6.07) is 14.5. The standard InChI is InChI=1S/C22H16ClN5OS/c1-12-6-7-16(13(2)27-12)19(29)11-30-22-18(10-25)20(17(9-24)21(26)28-22)14-4-3-5-15(23)8-14/h3-8H,11H2,1-2H3,(H2,26,28). The fraction of sp³-hybridized carbons (Fsp3) is 0.136. The van der Waals surface area contributed by atoms with Gasteiger partial charge in [-0.1, -0.05) is 35.5 Å². The van der Waals surface area contributed by atoms with Gasteiger partial charge in [-0.3, -0.25) is 9.78 Å². The van der Waals surface area contributed by atoms with Crippen LogP contribution in [0.15, 0.2) is 41.4 Å². The third kappa shape index (κ3) is 4.28. The Bertz CT molecular complexity index is 1240. The van der Waals surface area contributed by atoms with Crippen molar-refractivity contribution >= 4 is 35.0 Å².